The number of nitrogens with one attached hydrogen (secondary N) is 1. The largest absolute Gasteiger partial charge is 0.416 e. The predicted octanol–water partition coefficient (Wildman–Crippen LogP) is 4.24. The van der Waals surface area contributed by atoms with Crippen molar-refractivity contribution in [2.45, 2.75) is 13.1 Å². The molecule has 0 aliphatic heterocycles. The summed E-state index contributed by atoms with van der Waals surface area (Å²) < 4.78 is 38.7. The van der Waals surface area contributed by atoms with Crippen LogP contribution in [-0.2, 0) is 11.0 Å². The van der Waals surface area contributed by atoms with Crippen LogP contribution in [0.25, 0.3) is 10.4 Å². The summed E-state index contributed by atoms with van der Waals surface area (Å²) in [4.78, 5) is 31.7. The molecule has 1 aromatic carbocycles. The minimum Gasteiger partial charge on any atom is -0.298 e. The van der Waals surface area contributed by atoms with Crippen LogP contribution in [0.2, 0.25) is 0 Å². The van der Waals surface area contributed by atoms with Gasteiger partial charge in [-0.05, 0) is 30.7 Å². The van der Waals surface area contributed by atoms with Crippen molar-refractivity contribution in [1.82, 2.24) is 9.97 Å². The van der Waals surface area contributed by atoms with Crippen LogP contribution >= 0.6 is 11.3 Å². The molecule has 0 bridgehead atoms. The molecule has 0 saturated carbocycles. The van der Waals surface area contributed by atoms with E-state index in [1.54, 1.807) is 19.3 Å². The molecule has 1 radical (unpaired) electrons. The van der Waals surface area contributed by atoms with Gasteiger partial charge in [-0.2, -0.15) is 13.2 Å². The van der Waals surface area contributed by atoms with Gasteiger partial charge in [0, 0.05) is 18.0 Å². The number of rotatable bonds is 4. The zero-order valence-corrected chi connectivity index (χ0v) is 14.6. The third-order valence-electron chi connectivity index (χ3n) is 3.64. The quantitative estimate of drug-likeness (QED) is 0.723. The van der Waals surface area contributed by atoms with Gasteiger partial charge in [0.2, 0.25) is 6.29 Å². The molecule has 2 heterocycles. The zero-order chi connectivity index (χ0) is 19.6. The fraction of sp³-hybridized carbons (Fsp3) is 0.111. The van der Waals surface area contributed by atoms with Crippen LogP contribution in [0.1, 0.15) is 27.2 Å². The third kappa shape index (κ3) is 4.03. The van der Waals surface area contributed by atoms with Crippen LogP contribution < -0.4 is 5.32 Å². The van der Waals surface area contributed by atoms with Gasteiger partial charge in [0.1, 0.15) is 0 Å². The van der Waals surface area contributed by atoms with Gasteiger partial charge in [0.05, 0.1) is 21.7 Å². The number of thiazole rings is 1. The highest BCUT2D eigenvalue weighted by Crippen LogP contribution is 2.36. The number of alkyl halides is 3. The Bertz CT molecular complexity index is 1020. The van der Waals surface area contributed by atoms with Gasteiger partial charge in [-0.15, -0.1) is 0 Å². The monoisotopic (exact) mass is 390 g/mol. The number of nitrogens with zero attached hydrogens (tertiary/aromatic N) is 2. The topological polar surface area (TPSA) is 72.0 Å². The second kappa shape index (κ2) is 7.28. The molecule has 3 aromatic rings. The van der Waals surface area contributed by atoms with Gasteiger partial charge in [0.15, 0.2) is 5.13 Å². The summed E-state index contributed by atoms with van der Waals surface area (Å²) in [5.41, 5.74) is 0.140. The smallest absolute Gasteiger partial charge is 0.298 e. The number of carbonyl (C=O) groups is 1. The van der Waals surface area contributed by atoms with Crippen molar-refractivity contribution in [1.29, 1.82) is 0 Å². The molecule has 1 N–H and O–H groups in total. The van der Waals surface area contributed by atoms with Crippen LogP contribution in [0.15, 0.2) is 42.7 Å². The van der Waals surface area contributed by atoms with E-state index in [9.17, 15) is 22.8 Å². The van der Waals surface area contributed by atoms with Crippen molar-refractivity contribution in [2.24, 2.45) is 0 Å². The third-order valence-corrected chi connectivity index (χ3v) is 4.77. The van der Waals surface area contributed by atoms with Crippen molar-refractivity contribution in [3.63, 3.8) is 0 Å². The summed E-state index contributed by atoms with van der Waals surface area (Å²) in [5.74, 6) is -0.606. The van der Waals surface area contributed by atoms with E-state index in [-0.39, 0.29) is 16.3 Å². The summed E-state index contributed by atoms with van der Waals surface area (Å²) in [7, 11) is 0. The van der Waals surface area contributed by atoms with Gasteiger partial charge in [0.25, 0.3) is 5.91 Å². The lowest BCUT2D eigenvalue weighted by molar-refractivity contribution is -0.137. The highest BCUT2D eigenvalue weighted by atomic mass is 32.1. The van der Waals surface area contributed by atoms with Crippen molar-refractivity contribution in [3.05, 3.63) is 65.1 Å². The fourth-order valence-electron chi connectivity index (χ4n) is 2.38. The zero-order valence-electron chi connectivity index (χ0n) is 13.8. The highest BCUT2D eigenvalue weighted by Gasteiger charge is 2.30. The number of aromatic nitrogens is 2. The molecule has 27 heavy (non-hydrogen) atoms. The number of pyridine rings is 1. The predicted molar refractivity (Wildman–Crippen MR) is 94.3 cm³/mol. The number of hydrogen-bond donors (Lipinski definition) is 1. The molecular formula is C18H11F3N3O2S. The Morgan fingerprint density at radius 1 is 1.26 bits per heavy atom. The summed E-state index contributed by atoms with van der Waals surface area (Å²) in [6.07, 6.45) is -0.217. The number of amides is 1. The Labute approximate surface area is 155 Å². The van der Waals surface area contributed by atoms with E-state index >= 15 is 0 Å². The van der Waals surface area contributed by atoms with Gasteiger partial charge in [-0.1, -0.05) is 23.5 Å². The highest BCUT2D eigenvalue weighted by molar-refractivity contribution is 7.19. The van der Waals surface area contributed by atoms with E-state index in [0.29, 0.717) is 16.1 Å². The van der Waals surface area contributed by atoms with Crippen LogP contribution in [-0.4, -0.2) is 22.2 Å². The number of anilines is 1. The van der Waals surface area contributed by atoms with Gasteiger partial charge < -0.3 is 0 Å². The maximum atomic E-state index is 12.9. The van der Waals surface area contributed by atoms with Gasteiger partial charge in [-0.25, -0.2) is 4.98 Å². The van der Waals surface area contributed by atoms with Crippen molar-refractivity contribution in [2.75, 3.05) is 5.32 Å². The molecule has 3 rings (SSSR count). The fourth-order valence-corrected chi connectivity index (χ4v) is 3.34. The first-order valence-corrected chi connectivity index (χ1v) is 8.40. The molecule has 1 amide bonds. The number of benzene rings is 1. The summed E-state index contributed by atoms with van der Waals surface area (Å²) in [6, 6.07) is 6.23. The molecule has 0 fully saturated rings. The van der Waals surface area contributed by atoms with E-state index in [1.807, 2.05) is 0 Å². The summed E-state index contributed by atoms with van der Waals surface area (Å²) in [6.45, 7) is 1.64. The lowest BCUT2D eigenvalue weighted by Crippen LogP contribution is -2.14. The number of carbonyl (C=O) groups excluding carboxylic acids is 2. The minimum absolute atomic E-state index is 0.0287. The Kier molecular flexibility index (Phi) is 5.04. The van der Waals surface area contributed by atoms with Crippen LogP contribution in [0.4, 0.5) is 18.3 Å². The van der Waals surface area contributed by atoms with E-state index in [0.717, 1.165) is 23.5 Å². The lowest BCUT2D eigenvalue weighted by Gasteiger charge is -2.07. The number of aryl methyl sites for hydroxylation is 1. The molecule has 137 valence electrons. The second-order valence-electron chi connectivity index (χ2n) is 5.49. The first-order valence-electron chi connectivity index (χ1n) is 7.58. The maximum absolute atomic E-state index is 12.9. The van der Waals surface area contributed by atoms with Crippen LogP contribution in [0.3, 0.4) is 0 Å². The minimum atomic E-state index is -4.45. The molecule has 0 aliphatic rings. The molecule has 0 saturated heterocycles. The van der Waals surface area contributed by atoms with Crippen molar-refractivity contribution < 1.29 is 22.8 Å². The Hall–Kier alpha value is -3.07. The first kappa shape index (κ1) is 18.7. The van der Waals surface area contributed by atoms with Crippen LogP contribution in [0.5, 0.6) is 0 Å². The Morgan fingerprint density at radius 2 is 2.04 bits per heavy atom. The summed E-state index contributed by atoms with van der Waals surface area (Å²) >= 11 is 1.04. The van der Waals surface area contributed by atoms with Crippen molar-refractivity contribution in [3.8, 4) is 10.4 Å². The summed E-state index contributed by atoms with van der Waals surface area (Å²) in [5, 5.41) is 2.74. The van der Waals surface area contributed by atoms with Crippen LogP contribution in [0, 0.1) is 6.92 Å². The molecule has 0 unspecified atom stereocenters. The Balaban J connectivity index is 1.89. The average Bonchev–Trinajstić information content (AvgIpc) is 3.01. The van der Waals surface area contributed by atoms with E-state index < -0.39 is 17.6 Å². The number of hydrogen-bond acceptors (Lipinski definition) is 5. The SMILES string of the molecule is Cc1nc(NC(=O)c2cnccc2[C]=O)sc1-c1cccc(C(F)(F)F)c1. The second-order valence-corrected chi connectivity index (χ2v) is 6.49. The first-order chi connectivity index (χ1) is 12.8. The van der Waals surface area contributed by atoms with E-state index in [1.165, 1.54) is 24.5 Å². The number of halogens is 3. The maximum Gasteiger partial charge on any atom is 0.416 e. The lowest BCUT2D eigenvalue weighted by atomic mass is 10.1. The van der Waals surface area contributed by atoms with Gasteiger partial charge in [-0.3, -0.25) is 19.9 Å². The average molecular weight is 390 g/mol. The van der Waals surface area contributed by atoms with Crippen molar-refractivity contribution >= 4 is 28.7 Å². The molecule has 0 atom stereocenters. The normalized spacial score (nSPS) is 11.3. The molecule has 2 aromatic heterocycles. The van der Waals surface area contributed by atoms with E-state index in [4.69, 9.17) is 0 Å². The van der Waals surface area contributed by atoms with E-state index in [2.05, 4.69) is 15.3 Å². The molecule has 0 aliphatic carbocycles. The molecule has 0 spiro atoms. The molecule has 9 heteroatoms. The Morgan fingerprint density at radius 3 is 2.74 bits per heavy atom. The molecular weight excluding hydrogens is 379 g/mol. The molecule has 5 nitrogen and oxygen atoms in total. The van der Waals surface area contributed by atoms with Gasteiger partial charge >= 0.3 is 6.18 Å². The standard InChI is InChI=1S/C18H11F3N3O2S/c1-10-15(11-3-2-4-13(7-11)18(19,20)21)27-17(23-10)24-16(26)14-8-22-6-5-12(14)9-25/h2-8H,1H3,(H,23,24,26).